The second-order valence-corrected chi connectivity index (χ2v) is 8.17. The molecule has 4 rings (SSSR count). The molecule has 0 saturated heterocycles. The van der Waals surface area contributed by atoms with Gasteiger partial charge in [0.25, 0.3) is 5.91 Å². The molecular formula is C18H11F3N4O4S2. The van der Waals surface area contributed by atoms with Gasteiger partial charge in [0, 0.05) is 26.4 Å². The smallest absolute Gasteiger partial charge is 0.417 e. The first kappa shape index (κ1) is 20.9. The van der Waals surface area contributed by atoms with E-state index in [1.165, 1.54) is 23.0 Å². The molecule has 3 N–H and O–H groups in total. The number of nitrogens with one attached hydrogen (secondary N) is 2. The van der Waals surface area contributed by atoms with Crippen molar-refractivity contribution in [3.63, 3.8) is 0 Å². The SMILES string of the molecule is O=C(O)CNC(=O)c1c(=O)cc(Sc2cccc3c(C(F)(F)F)csc23)n2[nH]cnc12. The fourth-order valence-electron chi connectivity index (χ4n) is 2.95. The molecule has 160 valence electrons. The van der Waals surface area contributed by atoms with Gasteiger partial charge in [0.05, 0.1) is 5.56 Å². The first-order valence-electron chi connectivity index (χ1n) is 8.51. The van der Waals surface area contributed by atoms with Gasteiger partial charge in [-0.1, -0.05) is 23.9 Å². The maximum Gasteiger partial charge on any atom is 0.417 e. The first-order chi connectivity index (χ1) is 14.7. The van der Waals surface area contributed by atoms with Gasteiger partial charge in [0.15, 0.2) is 11.1 Å². The Kier molecular flexibility index (Phi) is 5.23. The number of H-pyrrole nitrogens is 1. The molecule has 0 bridgehead atoms. The molecule has 0 radical (unpaired) electrons. The summed E-state index contributed by atoms with van der Waals surface area (Å²) in [6.45, 7) is -0.673. The van der Waals surface area contributed by atoms with Crippen molar-refractivity contribution in [2.24, 2.45) is 0 Å². The molecule has 0 aliphatic rings. The highest BCUT2D eigenvalue weighted by atomic mass is 32.2. The molecule has 0 aliphatic carbocycles. The predicted molar refractivity (Wildman–Crippen MR) is 107 cm³/mol. The number of aliphatic carboxylic acids is 1. The average Bonchev–Trinajstić information content (AvgIpc) is 3.33. The number of pyridine rings is 1. The number of carboxylic acid groups (broad SMARTS) is 1. The summed E-state index contributed by atoms with van der Waals surface area (Å²) in [6, 6.07) is 5.65. The largest absolute Gasteiger partial charge is 0.480 e. The number of carbonyl (C=O) groups is 2. The molecule has 0 saturated carbocycles. The van der Waals surface area contributed by atoms with Gasteiger partial charge in [-0.05, 0) is 6.07 Å². The van der Waals surface area contributed by atoms with Crippen LogP contribution in [0.4, 0.5) is 13.2 Å². The van der Waals surface area contributed by atoms with Crippen LogP contribution in [0.15, 0.2) is 50.7 Å². The third-order valence-electron chi connectivity index (χ3n) is 4.24. The van der Waals surface area contributed by atoms with Crippen LogP contribution in [0.3, 0.4) is 0 Å². The molecule has 31 heavy (non-hydrogen) atoms. The zero-order valence-electron chi connectivity index (χ0n) is 15.2. The molecule has 0 unspecified atom stereocenters. The Morgan fingerprint density at radius 3 is 2.81 bits per heavy atom. The summed E-state index contributed by atoms with van der Waals surface area (Å²) >= 11 is 1.98. The van der Waals surface area contributed by atoms with E-state index in [-0.39, 0.29) is 16.6 Å². The van der Waals surface area contributed by atoms with Crippen molar-refractivity contribution >= 4 is 50.7 Å². The fourth-order valence-corrected chi connectivity index (χ4v) is 5.17. The van der Waals surface area contributed by atoms with Gasteiger partial charge < -0.3 is 10.4 Å². The summed E-state index contributed by atoms with van der Waals surface area (Å²) in [5.41, 5.74) is -1.82. The molecule has 13 heteroatoms. The number of carboxylic acids is 1. The lowest BCUT2D eigenvalue weighted by Crippen LogP contribution is -2.33. The molecule has 1 amide bonds. The van der Waals surface area contributed by atoms with Crippen LogP contribution < -0.4 is 10.7 Å². The lowest BCUT2D eigenvalue weighted by Gasteiger charge is -2.09. The minimum Gasteiger partial charge on any atom is -0.480 e. The van der Waals surface area contributed by atoms with Gasteiger partial charge in [-0.3, -0.25) is 19.5 Å². The van der Waals surface area contributed by atoms with Crippen molar-refractivity contribution in [2.45, 2.75) is 16.1 Å². The zero-order valence-corrected chi connectivity index (χ0v) is 16.8. The third-order valence-corrected chi connectivity index (χ3v) is 6.47. The summed E-state index contributed by atoms with van der Waals surface area (Å²) in [5.74, 6) is -2.18. The fraction of sp³-hybridized carbons (Fsp3) is 0.111. The summed E-state index contributed by atoms with van der Waals surface area (Å²) in [5, 5.41) is 15.0. The van der Waals surface area contributed by atoms with Crippen LogP contribution in [-0.4, -0.2) is 38.1 Å². The van der Waals surface area contributed by atoms with E-state index >= 15 is 0 Å². The van der Waals surface area contributed by atoms with Crippen LogP contribution in [0.2, 0.25) is 0 Å². The van der Waals surface area contributed by atoms with E-state index in [0.29, 0.717) is 14.6 Å². The molecule has 0 aliphatic heterocycles. The number of rotatable bonds is 5. The third kappa shape index (κ3) is 3.88. The molecule has 0 atom stereocenters. The standard InChI is InChI=1S/C18H11F3N4O4S2/c19-18(20,21)9-6-30-15-8(9)2-1-3-11(15)31-12-4-10(26)14(16-23-7-24-25(12)16)17(29)22-5-13(27)28/h1-4,6-7H,5H2,(H,22,29)(H,23,24)(H,27,28). The summed E-state index contributed by atoms with van der Waals surface area (Å²) in [6.07, 6.45) is -3.25. The van der Waals surface area contributed by atoms with Gasteiger partial charge in [-0.25, -0.2) is 9.50 Å². The van der Waals surface area contributed by atoms with Gasteiger partial charge in [-0.2, -0.15) is 13.2 Å². The molecular weight excluding hydrogens is 457 g/mol. The molecule has 4 aromatic rings. The minimum atomic E-state index is -4.49. The normalized spacial score (nSPS) is 11.8. The van der Waals surface area contributed by atoms with Crippen molar-refractivity contribution in [1.82, 2.24) is 19.9 Å². The molecule has 1 aromatic carbocycles. The maximum absolute atomic E-state index is 13.2. The van der Waals surface area contributed by atoms with Gasteiger partial charge in [-0.15, -0.1) is 11.3 Å². The second kappa shape index (κ2) is 7.74. The average molecular weight is 468 g/mol. The van der Waals surface area contributed by atoms with Crippen LogP contribution in [-0.2, 0) is 11.0 Å². The number of aromatic nitrogens is 3. The van der Waals surface area contributed by atoms with E-state index < -0.39 is 35.6 Å². The second-order valence-electron chi connectivity index (χ2n) is 6.23. The number of carbonyl (C=O) groups excluding carboxylic acids is 1. The predicted octanol–water partition coefficient (Wildman–Crippen LogP) is 3.22. The highest BCUT2D eigenvalue weighted by molar-refractivity contribution is 7.99. The van der Waals surface area contributed by atoms with Crippen LogP contribution >= 0.6 is 23.1 Å². The summed E-state index contributed by atoms with van der Waals surface area (Å²) in [7, 11) is 0. The Bertz CT molecular complexity index is 1390. The van der Waals surface area contributed by atoms with Gasteiger partial charge in [0.1, 0.15) is 23.5 Å². The topological polar surface area (TPSA) is 117 Å². The van der Waals surface area contributed by atoms with E-state index in [0.717, 1.165) is 34.5 Å². The number of amides is 1. The number of fused-ring (bicyclic) bond motifs is 2. The van der Waals surface area contributed by atoms with E-state index in [1.54, 1.807) is 6.07 Å². The Hall–Kier alpha value is -3.32. The van der Waals surface area contributed by atoms with Crippen LogP contribution in [0.5, 0.6) is 0 Å². The summed E-state index contributed by atoms with van der Waals surface area (Å²) < 4.78 is 41.4. The monoisotopic (exact) mass is 468 g/mol. The van der Waals surface area contributed by atoms with Crippen LogP contribution in [0, 0.1) is 0 Å². The van der Waals surface area contributed by atoms with Crippen molar-refractivity contribution in [2.75, 3.05) is 6.54 Å². The Morgan fingerprint density at radius 1 is 1.32 bits per heavy atom. The van der Waals surface area contributed by atoms with Crippen molar-refractivity contribution in [3.05, 3.63) is 57.3 Å². The van der Waals surface area contributed by atoms with E-state index in [9.17, 15) is 27.6 Å². The lowest BCUT2D eigenvalue weighted by molar-refractivity contribution is -0.136. The summed E-state index contributed by atoms with van der Waals surface area (Å²) in [4.78, 5) is 40.0. The highest BCUT2D eigenvalue weighted by Gasteiger charge is 2.34. The van der Waals surface area contributed by atoms with Gasteiger partial charge in [0.2, 0.25) is 0 Å². The van der Waals surface area contributed by atoms with E-state index in [2.05, 4.69) is 15.4 Å². The molecule has 0 fully saturated rings. The first-order valence-corrected chi connectivity index (χ1v) is 10.2. The maximum atomic E-state index is 13.2. The van der Waals surface area contributed by atoms with Crippen molar-refractivity contribution < 1.29 is 27.9 Å². The van der Waals surface area contributed by atoms with E-state index in [4.69, 9.17) is 5.11 Å². The van der Waals surface area contributed by atoms with Crippen LogP contribution in [0.25, 0.3) is 15.7 Å². The number of thiophene rings is 1. The molecule has 3 heterocycles. The Labute approximate surface area is 178 Å². The number of nitrogens with zero attached hydrogens (tertiary/aromatic N) is 2. The number of alkyl halides is 3. The van der Waals surface area contributed by atoms with Crippen molar-refractivity contribution in [1.29, 1.82) is 0 Å². The zero-order chi connectivity index (χ0) is 22.3. The number of hydrogen-bond acceptors (Lipinski definition) is 6. The quantitative estimate of drug-likeness (QED) is 0.414. The van der Waals surface area contributed by atoms with Crippen molar-refractivity contribution in [3.8, 4) is 0 Å². The minimum absolute atomic E-state index is 0.0350. The van der Waals surface area contributed by atoms with Crippen LogP contribution in [0.1, 0.15) is 15.9 Å². The Morgan fingerprint density at radius 2 is 2.10 bits per heavy atom. The van der Waals surface area contributed by atoms with E-state index in [1.807, 2.05) is 0 Å². The lowest BCUT2D eigenvalue weighted by atomic mass is 10.2. The number of halogens is 3. The number of benzene rings is 1. The number of aromatic amines is 1. The molecule has 3 aromatic heterocycles. The molecule has 0 spiro atoms. The Balaban J connectivity index is 1.78. The highest BCUT2D eigenvalue weighted by Crippen LogP contribution is 2.43. The van der Waals surface area contributed by atoms with Gasteiger partial charge >= 0.3 is 12.1 Å². The number of hydrogen-bond donors (Lipinski definition) is 3. The molecule has 8 nitrogen and oxygen atoms in total.